The van der Waals surface area contributed by atoms with E-state index < -0.39 is 0 Å². The number of carbonyl (C=O) groups is 2. The second kappa shape index (κ2) is 7.11. The lowest BCUT2D eigenvalue weighted by Gasteiger charge is -2.14. The highest BCUT2D eigenvalue weighted by molar-refractivity contribution is 5.98. The van der Waals surface area contributed by atoms with Crippen molar-refractivity contribution in [3.8, 4) is 11.3 Å². The maximum absolute atomic E-state index is 13.0. The summed E-state index contributed by atoms with van der Waals surface area (Å²) in [4.78, 5) is 28.7. The normalized spacial score (nSPS) is 13.3. The molecule has 0 saturated carbocycles. The van der Waals surface area contributed by atoms with Gasteiger partial charge in [-0.25, -0.2) is 4.39 Å². The molecule has 0 radical (unpaired) electrons. The number of benzene rings is 1. The molecule has 0 fully saturated rings. The molecule has 0 unspecified atom stereocenters. The van der Waals surface area contributed by atoms with E-state index in [2.05, 4.69) is 20.5 Å². The van der Waals surface area contributed by atoms with Crippen LogP contribution in [0.5, 0.6) is 0 Å². The number of aryl methyl sites for hydroxylation is 1. The third-order valence-corrected chi connectivity index (χ3v) is 4.54. The van der Waals surface area contributed by atoms with Crippen LogP contribution in [0.3, 0.4) is 0 Å². The van der Waals surface area contributed by atoms with Gasteiger partial charge >= 0.3 is 0 Å². The second-order valence-corrected chi connectivity index (χ2v) is 6.43. The molecule has 2 N–H and O–H groups in total. The Bertz CT molecular complexity index is 1010. The molecular formula is C20H17FN4O2. The molecule has 6 nitrogen and oxygen atoms in total. The molecule has 4 rings (SSSR count). The van der Waals surface area contributed by atoms with E-state index in [-0.39, 0.29) is 24.1 Å². The summed E-state index contributed by atoms with van der Waals surface area (Å²) in [5.41, 5.74) is 3.78. The van der Waals surface area contributed by atoms with Crippen molar-refractivity contribution < 1.29 is 14.0 Å². The monoisotopic (exact) mass is 364 g/mol. The fraction of sp³-hybridized carbons (Fsp3) is 0.200. The van der Waals surface area contributed by atoms with Gasteiger partial charge < -0.3 is 5.32 Å². The van der Waals surface area contributed by atoms with E-state index in [4.69, 9.17) is 0 Å². The smallest absolute Gasteiger partial charge is 0.269 e. The van der Waals surface area contributed by atoms with Gasteiger partial charge in [0.25, 0.3) is 5.91 Å². The number of hydrogen-bond donors (Lipinski definition) is 2. The summed E-state index contributed by atoms with van der Waals surface area (Å²) in [6.45, 7) is 0.255. The number of H-pyrrole nitrogens is 1. The minimum atomic E-state index is -0.327. The average molecular weight is 364 g/mol. The number of ketones is 1. The van der Waals surface area contributed by atoms with Crippen LogP contribution in [0, 0.1) is 5.82 Å². The van der Waals surface area contributed by atoms with Crippen molar-refractivity contribution in [1.29, 1.82) is 0 Å². The zero-order chi connectivity index (χ0) is 18.8. The molecule has 0 spiro atoms. The van der Waals surface area contributed by atoms with Gasteiger partial charge in [0.2, 0.25) is 0 Å². The van der Waals surface area contributed by atoms with Crippen molar-refractivity contribution in [2.45, 2.75) is 25.8 Å². The van der Waals surface area contributed by atoms with Gasteiger partial charge in [-0.05, 0) is 55.3 Å². The van der Waals surface area contributed by atoms with Gasteiger partial charge in [0.1, 0.15) is 11.5 Å². The first kappa shape index (κ1) is 17.1. The van der Waals surface area contributed by atoms with Crippen LogP contribution in [-0.4, -0.2) is 26.9 Å². The van der Waals surface area contributed by atoms with Crippen LogP contribution in [-0.2, 0) is 13.0 Å². The number of hydrogen-bond acceptors (Lipinski definition) is 4. The van der Waals surface area contributed by atoms with E-state index >= 15 is 0 Å². The van der Waals surface area contributed by atoms with Gasteiger partial charge in [0.05, 0.1) is 23.6 Å². The average Bonchev–Trinajstić information content (AvgIpc) is 3.17. The highest BCUT2D eigenvalue weighted by Crippen LogP contribution is 2.20. The zero-order valence-corrected chi connectivity index (χ0v) is 14.5. The number of aromatic amines is 1. The third kappa shape index (κ3) is 3.62. The number of nitrogens with zero attached hydrogens (tertiary/aromatic N) is 2. The SMILES string of the molecule is O=C(NCc1ccc2c(n1)CCCC2=O)c1cc(-c2ccc(F)cc2)n[nH]1. The first-order valence-electron chi connectivity index (χ1n) is 8.72. The first-order valence-corrected chi connectivity index (χ1v) is 8.72. The Morgan fingerprint density at radius 2 is 1.96 bits per heavy atom. The van der Waals surface area contributed by atoms with Crippen molar-refractivity contribution in [2.75, 3.05) is 0 Å². The molecule has 3 aromatic rings. The van der Waals surface area contributed by atoms with Gasteiger partial charge in [-0.15, -0.1) is 0 Å². The number of nitrogens with one attached hydrogen (secondary N) is 2. The Balaban J connectivity index is 1.43. The molecule has 0 atom stereocenters. The molecule has 2 aromatic heterocycles. The lowest BCUT2D eigenvalue weighted by atomic mass is 9.94. The number of aromatic nitrogens is 3. The molecule has 1 amide bonds. The summed E-state index contributed by atoms with van der Waals surface area (Å²) in [6, 6.07) is 11.1. The van der Waals surface area contributed by atoms with Crippen LogP contribution in [0.15, 0.2) is 42.5 Å². The number of rotatable bonds is 4. The Hall–Kier alpha value is -3.35. The molecule has 0 aliphatic heterocycles. The minimum Gasteiger partial charge on any atom is -0.345 e. The molecule has 1 aliphatic rings. The number of halogens is 1. The van der Waals surface area contributed by atoms with Gasteiger partial charge in [-0.1, -0.05) is 0 Å². The predicted molar refractivity (Wildman–Crippen MR) is 96.7 cm³/mol. The van der Waals surface area contributed by atoms with Crippen molar-refractivity contribution in [2.24, 2.45) is 0 Å². The van der Waals surface area contributed by atoms with Crippen LogP contribution >= 0.6 is 0 Å². The summed E-state index contributed by atoms with van der Waals surface area (Å²) in [5, 5.41) is 9.58. The van der Waals surface area contributed by atoms with Crippen molar-refractivity contribution in [3.05, 3.63) is 70.9 Å². The van der Waals surface area contributed by atoms with Crippen LogP contribution < -0.4 is 5.32 Å². The standard InChI is InChI=1S/C20H17FN4O2/c21-13-6-4-12(5-7-13)17-10-18(25-24-17)20(27)22-11-14-8-9-15-16(23-14)2-1-3-19(15)26/h4-10H,1-3,11H2,(H,22,27)(H,24,25). The lowest BCUT2D eigenvalue weighted by molar-refractivity contribution is 0.0942. The fourth-order valence-electron chi connectivity index (χ4n) is 3.11. The topological polar surface area (TPSA) is 87.7 Å². The quantitative estimate of drug-likeness (QED) is 0.745. The van der Waals surface area contributed by atoms with Gasteiger partial charge in [0.15, 0.2) is 5.78 Å². The molecule has 0 bridgehead atoms. The van der Waals surface area contributed by atoms with E-state index in [0.29, 0.717) is 34.6 Å². The summed E-state index contributed by atoms with van der Waals surface area (Å²) >= 11 is 0. The number of Topliss-reactive ketones (excluding diaryl/α,β-unsaturated/α-hetero) is 1. The predicted octanol–water partition coefficient (Wildman–Crippen LogP) is 3.06. The summed E-state index contributed by atoms with van der Waals surface area (Å²) in [6.07, 6.45) is 2.17. The van der Waals surface area contributed by atoms with Crippen LogP contribution in [0.2, 0.25) is 0 Å². The maximum atomic E-state index is 13.0. The molecule has 27 heavy (non-hydrogen) atoms. The Kier molecular flexibility index (Phi) is 4.50. The number of amides is 1. The molecule has 136 valence electrons. The van der Waals surface area contributed by atoms with Gasteiger partial charge in [-0.2, -0.15) is 5.10 Å². The summed E-state index contributed by atoms with van der Waals surface area (Å²) < 4.78 is 13.0. The Labute approximate surface area is 154 Å². The molecule has 1 aliphatic carbocycles. The lowest BCUT2D eigenvalue weighted by Crippen LogP contribution is -2.24. The molecule has 2 heterocycles. The summed E-state index contributed by atoms with van der Waals surface area (Å²) in [7, 11) is 0. The van der Waals surface area contributed by atoms with E-state index in [1.165, 1.54) is 12.1 Å². The third-order valence-electron chi connectivity index (χ3n) is 4.54. The molecular weight excluding hydrogens is 347 g/mol. The molecule has 1 aromatic carbocycles. The van der Waals surface area contributed by atoms with E-state index in [1.54, 1.807) is 30.3 Å². The highest BCUT2D eigenvalue weighted by Gasteiger charge is 2.18. The summed E-state index contributed by atoms with van der Waals surface area (Å²) in [5.74, 6) is -0.511. The highest BCUT2D eigenvalue weighted by atomic mass is 19.1. The minimum absolute atomic E-state index is 0.130. The van der Waals surface area contributed by atoms with Gasteiger partial charge in [0, 0.05) is 17.5 Å². The van der Waals surface area contributed by atoms with E-state index in [0.717, 1.165) is 18.5 Å². The Morgan fingerprint density at radius 3 is 2.78 bits per heavy atom. The number of fused-ring (bicyclic) bond motifs is 1. The van der Waals surface area contributed by atoms with E-state index in [9.17, 15) is 14.0 Å². The van der Waals surface area contributed by atoms with Crippen LogP contribution in [0.1, 0.15) is 45.1 Å². The Morgan fingerprint density at radius 1 is 1.15 bits per heavy atom. The zero-order valence-electron chi connectivity index (χ0n) is 14.5. The van der Waals surface area contributed by atoms with Crippen LogP contribution in [0.4, 0.5) is 4.39 Å². The first-order chi connectivity index (χ1) is 13.1. The van der Waals surface area contributed by atoms with Gasteiger partial charge in [-0.3, -0.25) is 19.7 Å². The van der Waals surface area contributed by atoms with Crippen molar-refractivity contribution in [1.82, 2.24) is 20.5 Å². The fourth-order valence-corrected chi connectivity index (χ4v) is 3.11. The van der Waals surface area contributed by atoms with Crippen LogP contribution in [0.25, 0.3) is 11.3 Å². The molecule has 0 saturated heterocycles. The number of pyridine rings is 1. The number of carbonyl (C=O) groups excluding carboxylic acids is 2. The molecule has 7 heteroatoms. The maximum Gasteiger partial charge on any atom is 0.269 e. The largest absolute Gasteiger partial charge is 0.345 e. The van der Waals surface area contributed by atoms with Crippen molar-refractivity contribution in [3.63, 3.8) is 0 Å². The van der Waals surface area contributed by atoms with E-state index in [1.807, 2.05) is 0 Å². The second-order valence-electron chi connectivity index (χ2n) is 6.43. The van der Waals surface area contributed by atoms with Crippen molar-refractivity contribution >= 4 is 11.7 Å².